The van der Waals surface area contributed by atoms with E-state index in [1.807, 2.05) is 0 Å². The predicted octanol–water partition coefficient (Wildman–Crippen LogP) is 3.52. The maximum Gasteiger partial charge on any atom is 0.138 e. The van der Waals surface area contributed by atoms with Gasteiger partial charge in [-0.2, -0.15) is 0 Å². The maximum atomic E-state index is 9.88. The van der Waals surface area contributed by atoms with Crippen LogP contribution in [0.25, 0.3) is 0 Å². The first-order chi connectivity index (χ1) is 9.56. The largest absolute Gasteiger partial charge is 0.506 e. The van der Waals surface area contributed by atoms with E-state index < -0.39 is 0 Å². The number of likely N-dealkylation sites (tertiary alicyclic amines) is 1. The Labute approximate surface area is 130 Å². The molecule has 20 heavy (non-hydrogen) atoms. The quantitative estimate of drug-likeness (QED) is 0.843. The number of phenolic OH excluding ortho intramolecular Hbond substituents is 1. The lowest BCUT2D eigenvalue weighted by molar-refractivity contribution is 0.282. The van der Waals surface area contributed by atoms with Crippen LogP contribution in [0, 0.1) is 5.92 Å². The van der Waals surface area contributed by atoms with Crippen LogP contribution >= 0.6 is 23.2 Å². The first-order valence-corrected chi connectivity index (χ1v) is 7.92. The molecule has 2 rings (SSSR count). The average Bonchev–Trinajstić information content (AvgIpc) is 2.87. The van der Waals surface area contributed by atoms with Crippen LogP contribution in [0.2, 0.25) is 10.0 Å². The Morgan fingerprint density at radius 1 is 1.30 bits per heavy atom. The zero-order chi connectivity index (χ0) is 14.5. The van der Waals surface area contributed by atoms with Crippen molar-refractivity contribution in [2.24, 2.45) is 5.92 Å². The molecule has 5 heteroatoms. The maximum absolute atomic E-state index is 9.88. The summed E-state index contributed by atoms with van der Waals surface area (Å²) in [6.07, 6.45) is 2.66. The lowest BCUT2D eigenvalue weighted by Gasteiger charge is -2.20. The van der Waals surface area contributed by atoms with Gasteiger partial charge in [0.05, 0.1) is 5.02 Å². The molecule has 1 atom stereocenters. The van der Waals surface area contributed by atoms with E-state index in [0.717, 1.165) is 18.7 Å². The average molecular weight is 317 g/mol. The topological polar surface area (TPSA) is 35.5 Å². The Morgan fingerprint density at radius 2 is 2.00 bits per heavy atom. The van der Waals surface area contributed by atoms with Gasteiger partial charge >= 0.3 is 0 Å². The normalized spacial score (nSPS) is 17.6. The van der Waals surface area contributed by atoms with E-state index >= 15 is 0 Å². The third-order valence-corrected chi connectivity index (χ3v) is 4.19. The molecule has 1 fully saturated rings. The van der Waals surface area contributed by atoms with Crippen LogP contribution in [-0.4, -0.2) is 36.2 Å². The third kappa shape index (κ3) is 4.52. The van der Waals surface area contributed by atoms with Gasteiger partial charge in [0.1, 0.15) is 5.75 Å². The Hall–Kier alpha value is -0.480. The zero-order valence-electron chi connectivity index (χ0n) is 11.8. The van der Waals surface area contributed by atoms with Gasteiger partial charge < -0.3 is 15.3 Å². The van der Waals surface area contributed by atoms with Crippen LogP contribution in [0.3, 0.4) is 0 Å². The SMILES string of the molecule is CC(CNCc1cc(Cl)cc(Cl)c1O)CN1CCCC1. The monoisotopic (exact) mass is 316 g/mol. The van der Waals surface area contributed by atoms with Crippen molar-refractivity contribution in [2.45, 2.75) is 26.3 Å². The van der Waals surface area contributed by atoms with E-state index in [1.54, 1.807) is 12.1 Å². The molecule has 1 unspecified atom stereocenters. The van der Waals surface area contributed by atoms with Gasteiger partial charge in [0.25, 0.3) is 0 Å². The number of rotatable bonds is 6. The van der Waals surface area contributed by atoms with Gasteiger partial charge in [0.2, 0.25) is 0 Å². The minimum absolute atomic E-state index is 0.121. The second-order valence-corrected chi connectivity index (χ2v) is 6.48. The Kier molecular flexibility index (Phi) is 5.97. The second-order valence-electron chi connectivity index (χ2n) is 5.64. The van der Waals surface area contributed by atoms with Gasteiger partial charge in [0.15, 0.2) is 0 Å². The number of benzene rings is 1. The van der Waals surface area contributed by atoms with Gasteiger partial charge in [-0.15, -0.1) is 0 Å². The van der Waals surface area contributed by atoms with E-state index in [1.165, 1.54) is 25.9 Å². The molecule has 1 heterocycles. The summed E-state index contributed by atoms with van der Waals surface area (Å²) in [5.41, 5.74) is 0.746. The molecule has 1 aromatic rings. The smallest absolute Gasteiger partial charge is 0.138 e. The van der Waals surface area contributed by atoms with Crippen molar-refractivity contribution in [3.05, 3.63) is 27.7 Å². The van der Waals surface area contributed by atoms with Gasteiger partial charge in [-0.05, 0) is 50.5 Å². The summed E-state index contributed by atoms with van der Waals surface area (Å²) in [5.74, 6) is 0.709. The molecule has 1 aliphatic heterocycles. The summed E-state index contributed by atoms with van der Waals surface area (Å²) in [5, 5.41) is 14.1. The van der Waals surface area contributed by atoms with Gasteiger partial charge in [0, 0.05) is 23.7 Å². The van der Waals surface area contributed by atoms with Gasteiger partial charge in [-0.3, -0.25) is 0 Å². The molecule has 0 amide bonds. The number of nitrogens with zero attached hydrogens (tertiary/aromatic N) is 1. The summed E-state index contributed by atoms with van der Waals surface area (Å²) < 4.78 is 0. The van der Waals surface area contributed by atoms with Crippen molar-refractivity contribution in [3.8, 4) is 5.75 Å². The molecule has 0 saturated carbocycles. The van der Waals surface area contributed by atoms with Crippen LogP contribution < -0.4 is 5.32 Å². The molecule has 1 aliphatic rings. The van der Waals surface area contributed by atoms with Crippen LogP contribution in [0.4, 0.5) is 0 Å². The number of aromatic hydroxyl groups is 1. The fourth-order valence-electron chi connectivity index (χ4n) is 2.68. The third-order valence-electron chi connectivity index (χ3n) is 3.68. The zero-order valence-corrected chi connectivity index (χ0v) is 13.3. The summed E-state index contributed by atoms with van der Waals surface area (Å²) >= 11 is 11.9. The summed E-state index contributed by atoms with van der Waals surface area (Å²) in [6, 6.07) is 3.30. The van der Waals surface area contributed by atoms with Crippen LogP contribution in [-0.2, 0) is 6.54 Å². The Morgan fingerprint density at radius 3 is 2.70 bits per heavy atom. The van der Waals surface area contributed by atoms with E-state index in [2.05, 4.69) is 17.1 Å². The Bertz CT molecular complexity index is 448. The van der Waals surface area contributed by atoms with Gasteiger partial charge in [-0.25, -0.2) is 0 Å². The van der Waals surface area contributed by atoms with E-state index in [-0.39, 0.29) is 5.75 Å². The highest BCUT2D eigenvalue weighted by Crippen LogP contribution is 2.30. The lowest BCUT2D eigenvalue weighted by atomic mass is 10.1. The molecule has 1 aromatic carbocycles. The van der Waals surface area contributed by atoms with Crippen LogP contribution in [0.5, 0.6) is 5.75 Å². The number of hydrogen-bond donors (Lipinski definition) is 2. The van der Waals surface area contributed by atoms with Crippen molar-refractivity contribution in [1.29, 1.82) is 0 Å². The molecule has 3 nitrogen and oxygen atoms in total. The van der Waals surface area contributed by atoms with Crippen molar-refractivity contribution >= 4 is 23.2 Å². The minimum Gasteiger partial charge on any atom is -0.506 e. The molecule has 2 N–H and O–H groups in total. The summed E-state index contributed by atoms with van der Waals surface area (Å²) in [7, 11) is 0. The van der Waals surface area contributed by atoms with Crippen molar-refractivity contribution in [2.75, 3.05) is 26.2 Å². The Balaban J connectivity index is 1.77. The highest BCUT2D eigenvalue weighted by Gasteiger charge is 2.14. The highest BCUT2D eigenvalue weighted by molar-refractivity contribution is 6.35. The van der Waals surface area contributed by atoms with Crippen LogP contribution in [0.1, 0.15) is 25.3 Å². The lowest BCUT2D eigenvalue weighted by Crippen LogP contribution is -2.31. The molecule has 0 bridgehead atoms. The molecule has 0 aromatic heterocycles. The van der Waals surface area contributed by atoms with Crippen molar-refractivity contribution in [3.63, 3.8) is 0 Å². The van der Waals surface area contributed by atoms with Crippen LogP contribution in [0.15, 0.2) is 12.1 Å². The number of nitrogens with one attached hydrogen (secondary N) is 1. The molecular weight excluding hydrogens is 295 g/mol. The predicted molar refractivity (Wildman–Crippen MR) is 84.7 cm³/mol. The molecular formula is C15H22Cl2N2O. The van der Waals surface area contributed by atoms with E-state index in [9.17, 15) is 5.11 Å². The van der Waals surface area contributed by atoms with E-state index in [4.69, 9.17) is 23.2 Å². The molecule has 0 radical (unpaired) electrons. The molecule has 112 valence electrons. The first-order valence-electron chi connectivity index (χ1n) is 7.16. The fourth-order valence-corrected chi connectivity index (χ4v) is 3.21. The first kappa shape index (κ1) is 15.9. The molecule has 1 saturated heterocycles. The number of hydrogen-bond acceptors (Lipinski definition) is 3. The minimum atomic E-state index is 0.121. The highest BCUT2D eigenvalue weighted by atomic mass is 35.5. The number of halogens is 2. The summed E-state index contributed by atoms with van der Waals surface area (Å²) in [6.45, 7) is 7.34. The summed E-state index contributed by atoms with van der Waals surface area (Å²) in [4.78, 5) is 2.51. The number of phenols is 1. The molecule has 0 spiro atoms. The van der Waals surface area contributed by atoms with Crippen molar-refractivity contribution < 1.29 is 5.11 Å². The fraction of sp³-hybridized carbons (Fsp3) is 0.600. The van der Waals surface area contributed by atoms with Gasteiger partial charge in [-0.1, -0.05) is 30.1 Å². The second kappa shape index (κ2) is 7.51. The van der Waals surface area contributed by atoms with Crippen molar-refractivity contribution in [1.82, 2.24) is 10.2 Å². The molecule has 0 aliphatic carbocycles. The standard InChI is InChI=1S/C15H22Cl2N2O/c1-11(10-19-4-2-3-5-19)8-18-9-12-6-13(16)7-14(17)15(12)20/h6-7,11,18,20H,2-5,8-10H2,1H3. The van der Waals surface area contributed by atoms with E-state index in [0.29, 0.717) is 22.5 Å².